The fourth-order valence-electron chi connectivity index (χ4n) is 3.19. The van der Waals surface area contributed by atoms with E-state index in [-0.39, 0.29) is 5.91 Å². The van der Waals surface area contributed by atoms with Gasteiger partial charge in [0, 0.05) is 5.39 Å². The molecule has 0 spiro atoms. The minimum absolute atomic E-state index is 0.128. The van der Waals surface area contributed by atoms with Gasteiger partial charge in [-0.25, -0.2) is 9.97 Å². The van der Waals surface area contributed by atoms with E-state index in [1.54, 1.807) is 12.3 Å². The number of ether oxygens (including phenoxy) is 1. The molecular formula is C22H21N3O3S. The third-order valence-corrected chi connectivity index (χ3v) is 5.75. The summed E-state index contributed by atoms with van der Waals surface area (Å²) in [6.45, 7) is 6.69. The first-order valence-electron chi connectivity index (χ1n) is 9.32. The Morgan fingerprint density at radius 1 is 1.17 bits per heavy atom. The molecule has 1 amide bonds. The van der Waals surface area contributed by atoms with Gasteiger partial charge in [0.15, 0.2) is 11.6 Å². The van der Waals surface area contributed by atoms with Gasteiger partial charge in [-0.3, -0.25) is 4.79 Å². The average molecular weight is 407 g/mol. The SMILES string of the molecule is Cc1cccc(OCCNC(=O)c2sc3nc(-c4ccco4)nc(C)c3c2C)c1. The van der Waals surface area contributed by atoms with Crippen LogP contribution in [0.3, 0.4) is 0 Å². The standard InChI is InChI=1S/C22H21N3O3S/c1-13-6-4-7-16(12-13)27-11-9-23-21(26)19-14(2)18-15(3)24-20(25-22(18)29-19)17-8-5-10-28-17/h4-8,10,12H,9,11H2,1-3H3,(H,23,26). The van der Waals surface area contributed by atoms with Crippen molar-refractivity contribution in [2.24, 2.45) is 0 Å². The fraction of sp³-hybridized carbons (Fsp3) is 0.227. The van der Waals surface area contributed by atoms with Crippen molar-refractivity contribution in [1.82, 2.24) is 15.3 Å². The highest BCUT2D eigenvalue weighted by Crippen LogP contribution is 2.32. The molecule has 1 aromatic carbocycles. The summed E-state index contributed by atoms with van der Waals surface area (Å²) in [5.74, 6) is 1.81. The zero-order valence-corrected chi connectivity index (χ0v) is 17.3. The monoisotopic (exact) mass is 407 g/mol. The number of carbonyl (C=O) groups is 1. The van der Waals surface area contributed by atoms with Crippen LogP contribution in [-0.4, -0.2) is 29.0 Å². The second kappa shape index (κ2) is 8.05. The number of hydrogen-bond donors (Lipinski definition) is 1. The summed E-state index contributed by atoms with van der Waals surface area (Å²) >= 11 is 1.37. The summed E-state index contributed by atoms with van der Waals surface area (Å²) < 4.78 is 11.1. The molecule has 6 nitrogen and oxygen atoms in total. The number of aromatic nitrogens is 2. The van der Waals surface area contributed by atoms with E-state index in [2.05, 4.69) is 15.3 Å². The highest BCUT2D eigenvalue weighted by atomic mass is 32.1. The molecule has 0 bridgehead atoms. The highest BCUT2D eigenvalue weighted by Gasteiger charge is 2.20. The van der Waals surface area contributed by atoms with Crippen molar-refractivity contribution in [3.63, 3.8) is 0 Å². The third kappa shape index (κ3) is 4.00. The molecule has 0 aliphatic rings. The van der Waals surface area contributed by atoms with Crippen molar-refractivity contribution in [3.05, 3.63) is 64.4 Å². The Balaban J connectivity index is 1.47. The van der Waals surface area contributed by atoms with Crippen molar-refractivity contribution >= 4 is 27.5 Å². The van der Waals surface area contributed by atoms with Crippen LogP contribution >= 0.6 is 11.3 Å². The Kier molecular flexibility index (Phi) is 5.31. The summed E-state index contributed by atoms with van der Waals surface area (Å²) in [7, 11) is 0. The van der Waals surface area contributed by atoms with Crippen molar-refractivity contribution in [1.29, 1.82) is 0 Å². The van der Waals surface area contributed by atoms with Crippen LogP contribution < -0.4 is 10.1 Å². The molecule has 29 heavy (non-hydrogen) atoms. The molecule has 0 aliphatic heterocycles. The van der Waals surface area contributed by atoms with E-state index in [4.69, 9.17) is 9.15 Å². The number of amides is 1. The molecule has 1 N–H and O–H groups in total. The number of fused-ring (bicyclic) bond motifs is 1. The van der Waals surface area contributed by atoms with Crippen molar-refractivity contribution in [2.75, 3.05) is 13.2 Å². The number of nitrogens with one attached hydrogen (secondary N) is 1. The van der Waals surface area contributed by atoms with Crippen molar-refractivity contribution < 1.29 is 13.9 Å². The van der Waals surface area contributed by atoms with Gasteiger partial charge in [-0.15, -0.1) is 11.3 Å². The number of nitrogens with zero attached hydrogens (tertiary/aromatic N) is 2. The molecule has 4 rings (SSSR count). The molecule has 3 aromatic heterocycles. The normalized spacial score (nSPS) is 11.0. The lowest BCUT2D eigenvalue weighted by atomic mass is 10.1. The maximum Gasteiger partial charge on any atom is 0.261 e. The largest absolute Gasteiger partial charge is 0.492 e. The fourth-order valence-corrected chi connectivity index (χ4v) is 4.34. The summed E-state index contributed by atoms with van der Waals surface area (Å²) in [4.78, 5) is 23.3. The van der Waals surface area contributed by atoms with Crippen LogP contribution in [0.2, 0.25) is 0 Å². The van der Waals surface area contributed by atoms with Gasteiger partial charge in [0.05, 0.1) is 23.4 Å². The first-order chi connectivity index (χ1) is 14.0. The van der Waals surface area contributed by atoms with Crippen LogP contribution in [0.15, 0.2) is 47.1 Å². The number of hydrogen-bond acceptors (Lipinski definition) is 6. The Morgan fingerprint density at radius 3 is 2.79 bits per heavy atom. The minimum atomic E-state index is -0.128. The Hall–Kier alpha value is -3.19. The van der Waals surface area contributed by atoms with Crippen molar-refractivity contribution in [3.8, 4) is 17.3 Å². The molecular weight excluding hydrogens is 386 g/mol. The second-order valence-corrected chi connectivity index (χ2v) is 7.77. The number of furan rings is 1. The van der Waals surface area contributed by atoms with Gasteiger partial charge in [-0.05, 0) is 56.2 Å². The number of benzene rings is 1. The average Bonchev–Trinajstić information content (AvgIpc) is 3.34. The molecule has 4 aromatic rings. The van der Waals surface area contributed by atoms with Gasteiger partial charge >= 0.3 is 0 Å². The summed E-state index contributed by atoms with van der Waals surface area (Å²) in [5.41, 5.74) is 2.86. The molecule has 7 heteroatoms. The van der Waals surface area contributed by atoms with Crippen LogP contribution in [0.4, 0.5) is 0 Å². The van der Waals surface area contributed by atoms with Crippen LogP contribution in [0.25, 0.3) is 21.8 Å². The molecule has 0 atom stereocenters. The summed E-state index contributed by atoms with van der Waals surface area (Å²) in [6.07, 6.45) is 1.59. The molecule has 0 fully saturated rings. The van der Waals surface area contributed by atoms with Gasteiger partial charge in [0.1, 0.15) is 17.2 Å². The van der Waals surface area contributed by atoms with Crippen LogP contribution in [0.1, 0.15) is 26.5 Å². The molecule has 3 heterocycles. The lowest BCUT2D eigenvalue weighted by Crippen LogP contribution is -2.27. The van der Waals surface area contributed by atoms with Crippen LogP contribution in [0.5, 0.6) is 5.75 Å². The number of thiophene rings is 1. The first-order valence-corrected chi connectivity index (χ1v) is 10.1. The maximum atomic E-state index is 12.7. The molecule has 0 radical (unpaired) electrons. The Bertz CT molecular complexity index is 1170. The minimum Gasteiger partial charge on any atom is -0.492 e. The molecule has 0 saturated carbocycles. The van der Waals surface area contributed by atoms with Crippen LogP contribution in [-0.2, 0) is 0 Å². The van der Waals surface area contributed by atoms with Gasteiger partial charge in [0.25, 0.3) is 5.91 Å². The van der Waals surface area contributed by atoms with E-state index in [0.717, 1.165) is 32.8 Å². The zero-order valence-electron chi connectivity index (χ0n) is 16.5. The van der Waals surface area contributed by atoms with Gasteiger partial charge in [-0.2, -0.15) is 0 Å². The van der Waals surface area contributed by atoms with Crippen LogP contribution in [0, 0.1) is 20.8 Å². The lowest BCUT2D eigenvalue weighted by molar-refractivity contribution is 0.0950. The lowest BCUT2D eigenvalue weighted by Gasteiger charge is -2.08. The summed E-state index contributed by atoms with van der Waals surface area (Å²) in [6, 6.07) is 11.5. The Labute approximate surface area is 172 Å². The topological polar surface area (TPSA) is 77.2 Å². The molecule has 0 saturated heterocycles. The number of rotatable bonds is 6. The number of carbonyl (C=O) groups excluding carboxylic acids is 1. The van der Waals surface area contributed by atoms with E-state index in [1.165, 1.54) is 11.3 Å². The number of aryl methyl sites for hydroxylation is 3. The molecule has 148 valence electrons. The van der Waals surface area contributed by atoms with Crippen molar-refractivity contribution in [2.45, 2.75) is 20.8 Å². The predicted octanol–water partition coefficient (Wildman–Crippen LogP) is 4.69. The highest BCUT2D eigenvalue weighted by molar-refractivity contribution is 7.20. The van der Waals surface area contributed by atoms with E-state index in [0.29, 0.717) is 29.6 Å². The third-order valence-electron chi connectivity index (χ3n) is 4.56. The van der Waals surface area contributed by atoms with E-state index in [9.17, 15) is 4.79 Å². The second-order valence-electron chi connectivity index (χ2n) is 6.77. The Morgan fingerprint density at radius 2 is 2.03 bits per heavy atom. The van der Waals surface area contributed by atoms with Gasteiger partial charge in [-0.1, -0.05) is 12.1 Å². The van der Waals surface area contributed by atoms with E-state index < -0.39 is 0 Å². The quantitative estimate of drug-likeness (QED) is 0.469. The summed E-state index contributed by atoms with van der Waals surface area (Å²) in [5, 5.41) is 3.85. The molecule has 0 unspecified atom stereocenters. The predicted molar refractivity (Wildman–Crippen MR) is 114 cm³/mol. The maximum absolute atomic E-state index is 12.7. The van der Waals surface area contributed by atoms with E-state index in [1.807, 2.05) is 51.1 Å². The van der Waals surface area contributed by atoms with E-state index >= 15 is 0 Å². The first kappa shape index (κ1) is 19.1. The van der Waals surface area contributed by atoms with Gasteiger partial charge in [0.2, 0.25) is 0 Å². The van der Waals surface area contributed by atoms with Gasteiger partial charge < -0.3 is 14.5 Å². The molecule has 0 aliphatic carbocycles. The zero-order chi connectivity index (χ0) is 20.4. The smallest absolute Gasteiger partial charge is 0.261 e.